The molecule has 0 N–H and O–H groups in total. The van der Waals surface area contributed by atoms with Crippen LogP contribution in [0.4, 0.5) is 13.2 Å². The van der Waals surface area contributed by atoms with Crippen molar-refractivity contribution in [3.63, 3.8) is 0 Å². The third-order valence-corrected chi connectivity index (χ3v) is 4.67. The maximum Gasteiger partial charge on any atom is 0.416 e. The Morgan fingerprint density at radius 1 is 1.17 bits per heavy atom. The number of esters is 1. The molecule has 2 nitrogen and oxygen atoms in total. The molecule has 1 aliphatic rings. The second-order valence-corrected chi connectivity index (χ2v) is 6.84. The molecule has 1 fully saturated rings. The Kier molecular flexibility index (Phi) is 5.37. The lowest BCUT2D eigenvalue weighted by atomic mass is 9.75. The summed E-state index contributed by atoms with van der Waals surface area (Å²) < 4.78 is 43.3. The lowest BCUT2D eigenvalue weighted by Crippen LogP contribution is -2.35. The molecule has 3 atom stereocenters. The molecule has 23 heavy (non-hydrogen) atoms. The molecule has 1 aromatic carbocycles. The van der Waals surface area contributed by atoms with Gasteiger partial charge in [-0.05, 0) is 54.9 Å². The van der Waals surface area contributed by atoms with Crippen LogP contribution in [0.25, 0.3) is 0 Å². The first-order valence-electron chi connectivity index (χ1n) is 8.06. The summed E-state index contributed by atoms with van der Waals surface area (Å²) in [5.41, 5.74) is -0.598. The largest absolute Gasteiger partial charge is 0.458 e. The van der Waals surface area contributed by atoms with E-state index in [4.69, 9.17) is 4.74 Å². The first-order chi connectivity index (χ1) is 10.7. The van der Waals surface area contributed by atoms with Crippen LogP contribution in [0.5, 0.6) is 0 Å². The minimum atomic E-state index is -4.40. The standard InChI is InChI=1S/C18H23F3O2/c1-11(2)15-9-4-12(3)10-16(15)23-17(22)13-5-7-14(8-6-13)18(19,20)21/h5-8,11-12,15-16H,4,9-10H2,1-3H3/t12-,15+,16-/m1/s1. The molecular weight excluding hydrogens is 305 g/mol. The number of benzene rings is 1. The second kappa shape index (κ2) is 6.93. The third kappa shape index (κ3) is 4.49. The number of alkyl halides is 3. The zero-order valence-corrected chi connectivity index (χ0v) is 13.7. The van der Waals surface area contributed by atoms with Crippen molar-refractivity contribution in [2.45, 2.75) is 52.3 Å². The van der Waals surface area contributed by atoms with Gasteiger partial charge >= 0.3 is 12.1 Å². The number of carbonyl (C=O) groups excluding carboxylic acids is 1. The normalized spacial score (nSPS) is 25.4. The number of carbonyl (C=O) groups is 1. The van der Waals surface area contributed by atoms with E-state index in [9.17, 15) is 18.0 Å². The van der Waals surface area contributed by atoms with Crippen molar-refractivity contribution in [3.05, 3.63) is 35.4 Å². The number of hydrogen-bond donors (Lipinski definition) is 0. The van der Waals surface area contributed by atoms with Crippen LogP contribution in [-0.4, -0.2) is 12.1 Å². The number of rotatable bonds is 3. The summed E-state index contributed by atoms with van der Waals surface area (Å²) in [6.45, 7) is 6.36. The van der Waals surface area contributed by atoms with E-state index in [0.717, 1.165) is 31.4 Å². The van der Waals surface area contributed by atoms with Crippen LogP contribution in [0.2, 0.25) is 0 Å². The first kappa shape index (κ1) is 17.8. The Bertz CT molecular complexity index is 534. The molecular formula is C18H23F3O2. The van der Waals surface area contributed by atoms with E-state index in [0.29, 0.717) is 17.8 Å². The molecule has 5 heteroatoms. The highest BCUT2D eigenvalue weighted by molar-refractivity contribution is 5.89. The highest BCUT2D eigenvalue weighted by Gasteiger charge is 2.34. The fourth-order valence-corrected chi connectivity index (χ4v) is 3.25. The van der Waals surface area contributed by atoms with Crippen molar-refractivity contribution in [2.24, 2.45) is 17.8 Å². The van der Waals surface area contributed by atoms with Gasteiger partial charge in [-0.1, -0.05) is 27.2 Å². The summed E-state index contributed by atoms with van der Waals surface area (Å²) in [4.78, 5) is 12.2. The predicted octanol–water partition coefficient (Wildman–Crippen LogP) is 5.32. The van der Waals surface area contributed by atoms with E-state index in [-0.39, 0.29) is 11.7 Å². The highest BCUT2D eigenvalue weighted by Crippen LogP contribution is 2.36. The van der Waals surface area contributed by atoms with E-state index >= 15 is 0 Å². The Labute approximate surface area is 135 Å². The van der Waals surface area contributed by atoms with Gasteiger partial charge in [-0.2, -0.15) is 13.2 Å². The van der Waals surface area contributed by atoms with Gasteiger partial charge in [0, 0.05) is 0 Å². The lowest BCUT2D eigenvalue weighted by Gasteiger charge is -2.36. The van der Waals surface area contributed by atoms with Crippen LogP contribution in [0.1, 0.15) is 56.0 Å². The van der Waals surface area contributed by atoms with Gasteiger partial charge in [-0.15, -0.1) is 0 Å². The van der Waals surface area contributed by atoms with Gasteiger partial charge in [0.15, 0.2) is 0 Å². The second-order valence-electron chi connectivity index (χ2n) is 6.84. The molecule has 0 bridgehead atoms. The number of ether oxygens (including phenoxy) is 1. The zero-order valence-electron chi connectivity index (χ0n) is 13.7. The molecule has 0 radical (unpaired) electrons. The summed E-state index contributed by atoms with van der Waals surface area (Å²) in [5, 5.41) is 0. The summed E-state index contributed by atoms with van der Waals surface area (Å²) in [6.07, 6.45) is -1.60. The SMILES string of the molecule is CC(C)[C@@H]1CC[C@@H](C)C[C@H]1OC(=O)c1ccc(C(F)(F)F)cc1. The molecule has 0 saturated heterocycles. The van der Waals surface area contributed by atoms with Crippen molar-refractivity contribution >= 4 is 5.97 Å². The van der Waals surface area contributed by atoms with Crippen LogP contribution in [-0.2, 0) is 10.9 Å². The number of halogens is 3. The van der Waals surface area contributed by atoms with Crippen LogP contribution in [0.15, 0.2) is 24.3 Å². The van der Waals surface area contributed by atoms with Crippen molar-refractivity contribution in [2.75, 3.05) is 0 Å². The monoisotopic (exact) mass is 328 g/mol. The van der Waals surface area contributed by atoms with Crippen molar-refractivity contribution < 1.29 is 22.7 Å². The van der Waals surface area contributed by atoms with Crippen LogP contribution in [0, 0.1) is 17.8 Å². The molecule has 128 valence electrons. The molecule has 1 aliphatic carbocycles. The molecule has 0 aliphatic heterocycles. The summed E-state index contributed by atoms with van der Waals surface area (Å²) in [5.74, 6) is 0.677. The van der Waals surface area contributed by atoms with E-state index < -0.39 is 17.7 Å². The average Bonchev–Trinajstić information content (AvgIpc) is 2.46. The summed E-state index contributed by atoms with van der Waals surface area (Å²) in [7, 11) is 0. The Morgan fingerprint density at radius 3 is 2.30 bits per heavy atom. The molecule has 1 aromatic rings. The van der Waals surface area contributed by atoms with Crippen LogP contribution in [0.3, 0.4) is 0 Å². The zero-order chi connectivity index (χ0) is 17.2. The summed E-state index contributed by atoms with van der Waals surface area (Å²) >= 11 is 0. The van der Waals surface area contributed by atoms with Gasteiger partial charge in [0.05, 0.1) is 11.1 Å². The highest BCUT2D eigenvalue weighted by atomic mass is 19.4. The molecule has 0 unspecified atom stereocenters. The number of hydrogen-bond acceptors (Lipinski definition) is 2. The molecule has 0 amide bonds. The first-order valence-corrected chi connectivity index (χ1v) is 8.06. The van der Waals surface area contributed by atoms with Gasteiger partial charge < -0.3 is 4.74 Å². The smallest absolute Gasteiger partial charge is 0.416 e. The average molecular weight is 328 g/mol. The molecule has 0 spiro atoms. The topological polar surface area (TPSA) is 26.3 Å². The minimum absolute atomic E-state index is 0.159. The van der Waals surface area contributed by atoms with Gasteiger partial charge in [-0.3, -0.25) is 0 Å². The fraction of sp³-hybridized carbons (Fsp3) is 0.611. The maximum atomic E-state index is 12.6. The van der Waals surface area contributed by atoms with E-state index in [1.807, 2.05) is 0 Å². The van der Waals surface area contributed by atoms with Crippen molar-refractivity contribution in [1.29, 1.82) is 0 Å². The quantitative estimate of drug-likeness (QED) is 0.702. The van der Waals surface area contributed by atoms with Crippen molar-refractivity contribution in [1.82, 2.24) is 0 Å². The van der Waals surface area contributed by atoms with E-state index in [1.54, 1.807) is 0 Å². The predicted molar refractivity (Wildman–Crippen MR) is 82.0 cm³/mol. The van der Waals surface area contributed by atoms with E-state index in [1.165, 1.54) is 12.1 Å². The van der Waals surface area contributed by atoms with Gasteiger partial charge in [-0.25, -0.2) is 4.79 Å². The van der Waals surface area contributed by atoms with Crippen LogP contribution >= 0.6 is 0 Å². The third-order valence-electron chi connectivity index (χ3n) is 4.67. The Morgan fingerprint density at radius 2 is 1.78 bits per heavy atom. The summed E-state index contributed by atoms with van der Waals surface area (Å²) in [6, 6.07) is 4.20. The molecule has 0 heterocycles. The Hall–Kier alpha value is -1.52. The van der Waals surface area contributed by atoms with Gasteiger partial charge in [0.1, 0.15) is 6.10 Å². The molecule has 2 rings (SSSR count). The van der Waals surface area contributed by atoms with Crippen LogP contribution < -0.4 is 0 Å². The lowest BCUT2D eigenvalue weighted by molar-refractivity contribution is -0.137. The van der Waals surface area contributed by atoms with E-state index in [2.05, 4.69) is 20.8 Å². The minimum Gasteiger partial charge on any atom is -0.458 e. The Balaban J connectivity index is 2.08. The van der Waals surface area contributed by atoms with Gasteiger partial charge in [0.25, 0.3) is 0 Å². The fourth-order valence-electron chi connectivity index (χ4n) is 3.25. The maximum absolute atomic E-state index is 12.6. The van der Waals surface area contributed by atoms with Crippen molar-refractivity contribution in [3.8, 4) is 0 Å². The molecule has 0 aromatic heterocycles. The molecule has 1 saturated carbocycles. The van der Waals surface area contributed by atoms with Gasteiger partial charge in [0.2, 0.25) is 0 Å².